The van der Waals surface area contributed by atoms with E-state index in [4.69, 9.17) is 16.3 Å². The van der Waals surface area contributed by atoms with Gasteiger partial charge in [-0.1, -0.05) is 30.2 Å². The Morgan fingerprint density at radius 1 is 1.14 bits per heavy atom. The van der Waals surface area contributed by atoms with Gasteiger partial charge in [-0.25, -0.2) is 4.79 Å². The molecule has 0 saturated carbocycles. The van der Waals surface area contributed by atoms with E-state index in [0.717, 1.165) is 31.4 Å². The number of rotatable bonds is 3. The van der Waals surface area contributed by atoms with Crippen LogP contribution in [0.3, 0.4) is 0 Å². The molecule has 1 fully saturated rings. The number of ether oxygens (including phenoxy) is 1. The van der Waals surface area contributed by atoms with E-state index in [2.05, 4.69) is 4.40 Å². The number of carbonyl (C=O) groups is 1. The molecular weight excluding hydrogens is 400 g/mol. The van der Waals surface area contributed by atoms with E-state index in [1.165, 1.54) is 6.07 Å². The van der Waals surface area contributed by atoms with Gasteiger partial charge in [0.2, 0.25) is 0 Å². The number of halogens is 1. The van der Waals surface area contributed by atoms with Gasteiger partial charge in [0.25, 0.3) is 10.0 Å². The molecule has 6 nitrogen and oxygen atoms in total. The number of anilines is 1. The number of benzene rings is 2. The van der Waals surface area contributed by atoms with Crippen LogP contribution >= 0.6 is 11.6 Å². The summed E-state index contributed by atoms with van der Waals surface area (Å²) >= 11 is 5.93. The molecule has 2 heterocycles. The van der Waals surface area contributed by atoms with E-state index in [0.29, 0.717) is 23.0 Å². The first-order valence-electron chi connectivity index (χ1n) is 9.11. The van der Waals surface area contributed by atoms with E-state index in [9.17, 15) is 13.2 Å². The van der Waals surface area contributed by atoms with E-state index < -0.39 is 16.0 Å². The van der Waals surface area contributed by atoms with Crippen LogP contribution in [0.25, 0.3) is 0 Å². The molecule has 0 aromatic heterocycles. The Labute approximate surface area is 168 Å². The Kier molecular flexibility index (Phi) is 5.12. The predicted octanol–water partition coefficient (Wildman–Crippen LogP) is 4.18. The van der Waals surface area contributed by atoms with Gasteiger partial charge >= 0.3 is 5.97 Å². The van der Waals surface area contributed by atoms with Crippen molar-refractivity contribution in [1.29, 1.82) is 0 Å². The minimum absolute atomic E-state index is 0.0513. The molecule has 0 N–H and O–H groups in total. The summed E-state index contributed by atoms with van der Waals surface area (Å²) in [5, 5.41) is 0.555. The largest absolute Gasteiger partial charge is 0.457 e. The molecule has 2 aromatic carbocycles. The molecule has 0 aliphatic carbocycles. The highest BCUT2D eigenvalue weighted by molar-refractivity contribution is 7.90. The van der Waals surface area contributed by atoms with Gasteiger partial charge in [-0.3, -0.25) is 0 Å². The Morgan fingerprint density at radius 3 is 2.82 bits per heavy atom. The molecule has 2 aromatic rings. The summed E-state index contributed by atoms with van der Waals surface area (Å²) in [6.45, 7) is 0.775. The third-order valence-electron chi connectivity index (χ3n) is 4.84. The maximum absolute atomic E-state index is 12.7. The van der Waals surface area contributed by atoms with Crippen molar-refractivity contribution in [2.45, 2.75) is 37.2 Å². The zero-order valence-electron chi connectivity index (χ0n) is 15.1. The van der Waals surface area contributed by atoms with Crippen molar-refractivity contribution >= 4 is 39.1 Å². The van der Waals surface area contributed by atoms with Crippen molar-refractivity contribution in [2.24, 2.45) is 4.40 Å². The first-order chi connectivity index (χ1) is 13.4. The average Bonchev–Trinajstić information content (AvgIpc) is 2.91. The SMILES string of the molecule is O=C(OCc1cccc(Cl)c1)c1ccc2c(c1)S(=O)(=O)N=C1CCCCCN12. The Morgan fingerprint density at radius 2 is 2.00 bits per heavy atom. The quantitative estimate of drug-likeness (QED) is 0.699. The average molecular weight is 419 g/mol. The topological polar surface area (TPSA) is 76.0 Å². The standard InChI is InChI=1S/C20H19ClN2O4S/c21-16-6-4-5-14(11-16)13-27-20(24)15-8-9-17-18(12-15)28(25,26)22-19-7-2-1-3-10-23(17)19/h4-6,8-9,11-12H,1-3,7,10,13H2. The van der Waals surface area contributed by atoms with E-state index >= 15 is 0 Å². The van der Waals surface area contributed by atoms with Crippen molar-refractivity contribution < 1.29 is 17.9 Å². The van der Waals surface area contributed by atoms with Crippen molar-refractivity contribution in [1.82, 2.24) is 0 Å². The van der Waals surface area contributed by atoms with E-state index in [1.54, 1.807) is 36.4 Å². The normalized spacial score (nSPS) is 17.8. The van der Waals surface area contributed by atoms with Gasteiger partial charge in [-0.2, -0.15) is 8.42 Å². The summed E-state index contributed by atoms with van der Waals surface area (Å²) in [4.78, 5) is 14.4. The van der Waals surface area contributed by atoms with Crippen molar-refractivity contribution in [2.75, 3.05) is 11.4 Å². The molecule has 0 unspecified atom stereocenters. The molecule has 2 aliphatic heterocycles. The molecule has 0 atom stereocenters. The van der Waals surface area contributed by atoms with Crippen LogP contribution in [0.4, 0.5) is 5.69 Å². The zero-order chi connectivity index (χ0) is 19.7. The molecule has 8 heteroatoms. The second-order valence-electron chi connectivity index (χ2n) is 6.83. The minimum Gasteiger partial charge on any atom is -0.457 e. The number of amidine groups is 1. The van der Waals surface area contributed by atoms with Crippen LogP contribution < -0.4 is 4.90 Å². The molecule has 28 heavy (non-hydrogen) atoms. The summed E-state index contributed by atoms with van der Waals surface area (Å²) < 4.78 is 34.6. The van der Waals surface area contributed by atoms with Gasteiger partial charge in [0, 0.05) is 18.0 Å². The van der Waals surface area contributed by atoms with Crippen molar-refractivity contribution in [3.63, 3.8) is 0 Å². The van der Waals surface area contributed by atoms with Gasteiger partial charge in [-0.15, -0.1) is 4.40 Å². The number of carbonyl (C=O) groups excluding carboxylic acids is 1. The summed E-state index contributed by atoms with van der Waals surface area (Å²) in [6.07, 6.45) is 3.58. The maximum atomic E-state index is 12.7. The molecular formula is C20H19ClN2O4S. The molecule has 0 amide bonds. The van der Waals surface area contributed by atoms with Crippen LogP contribution in [0, 0.1) is 0 Å². The number of nitrogens with zero attached hydrogens (tertiary/aromatic N) is 2. The number of hydrogen-bond donors (Lipinski definition) is 0. The highest BCUT2D eigenvalue weighted by Gasteiger charge is 2.32. The van der Waals surface area contributed by atoms with Gasteiger partial charge in [0.15, 0.2) is 0 Å². The lowest BCUT2D eigenvalue weighted by Crippen LogP contribution is -2.35. The summed E-state index contributed by atoms with van der Waals surface area (Å²) in [7, 11) is -3.84. The van der Waals surface area contributed by atoms with Gasteiger partial charge < -0.3 is 9.64 Å². The molecule has 0 bridgehead atoms. The Balaban J connectivity index is 1.60. The highest BCUT2D eigenvalue weighted by atomic mass is 35.5. The maximum Gasteiger partial charge on any atom is 0.338 e. The fourth-order valence-electron chi connectivity index (χ4n) is 3.47. The summed E-state index contributed by atoms with van der Waals surface area (Å²) in [5.74, 6) is -0.00935. The molecule has 2 aliphatic rings. The zero-order valence-corrected chi connectivity index (χ0v) is 16.7. The van der Waals surface area contributed by atoms with Crippen molar-refractivity contribution in [3.8, 4) is 0 Å². The lowest BCUT2D eigenvalue weighted by Gasteiger charge is -2.29. The van der Waals surface area contributed by atoms with Crippen LogP contribution in [-0.2, 0) is 21.4 Å². The first-order valence-corrected chi connectivity index (χ1v) is 10.9. The second-order valence-corrected chi connectivity index (χ2v) is 8.84. The number of sulfonamides is 1. The van der Waals surface area contributed by atoms with Crippen LogP contribution in [0.15, 0.2) is 51.8 Å². The fraction of sp³-hybridized carbons (Fsp3) is 0.300. The lowest BCUT2D eigenvalue weighted by molar-refractivity contribution is 0.0472. The number of fused-ring (bicyclic) bond motifs is 3. The van der Waals surface area contributed by atoms with E-state index in [-0.39, 0.29) is 17.1 Å². The molecule has 1 saturated heterocycles. The Hall–Kier alpha value is -2.38. The van der Waals surface area contributed by atoms with Gasteiger partial charge in [0.05, 0.1) is 11.3 Å². The number of hydrogen-bond acceptors (Lipinski definition) is 5. The predicted molar refractivity (Wildman–Crippen MR) is 107 cm³/mol. The van der Waals surface area contributed by atoms with Crippen LogP contribution in [0.5, 0.6) is 0 Å². The molecule has 146 valence electrons. The lowest BCUT2D eigenvalue weighted by atomic mass is 10.1. The van der Waals surface area contributed by atoms with Gasteiger partial charge in [0.1, 0.15) is 17.3 Å². The third-order valence-corrected chi connectivity index (χ3v) is 6.41. The summed E-state index contributed by atoms with van der Waals surface area (Å²) in [5.41, 5.74) is 1.52. The van der Waals surface area contributed by atoms with Gasteiger partial charge in [-0.05, 0) is 48.7 Å². The summed E-state index contributed by atoms with van der Waals surface area (Å²) in [6, 6.07) is 11.6. The molecule has 0 spiro atoms. The monoisotopic (exact) mass is 418 g/mol. The fourth-order valence-corrected chi connectivity index (χ4v) is 4.96. The van der Waals surface area contributed by atoms with Crippen LogP contribution in [0.2, 0.25) is 5.02 Å². The highest BCUT2D eigenvalue weighted by Crippen LogP contribution is 2.35. The third kappa shape index (κ3) is 3.77. The smallest absolute Gasteiger partial charge is 0.338 e. The van der Waals surface area contributed by atoms with E-state index in [1.807, 2.05) is 4.90 Å². The van der Waals surface area contributed by atoms with Crippen LogP contribution in [0.1, 0.15) is 41.6 Å². The number of esters is 1. The second kappa shape index (κ2) is 7.56. The molecule has 0 radical (unpaired) electrons. The first kappa shape index (κ1) is 19.0. The minimum atomic E-state index is -3.84. The Bertz CT molecular complexity index is 1070. The van der Waals surface area contributed by atoms with Crippen LogP contribution in [-0.4, -0.2) is 26.8 Å². The van der Waals surface area contributed by atoms with Crippen molar-refractivity contribution in [3.05, 3.63) is 58.6 Å². The molecule has 4 rings (SSSR count).